The van der Waals surface area contributed by atoms with Gasteiger partial charge in [0.25, 0.3) is 0 Å². The first-order chi connectivity index (χ1) is 3.41. The topological polar surface area (TPSA) is 0 Å². The maximum Gasteiger partial charge on any atom is 0.468 e. The second-order valence-electron chi connectivity index (χ2n) is 1.75. The number of rotatable bonds is 4. The van der Waals surface area contributed by atoms with Crippen LogP contribution in [0.15, 0.2) is 0 Å². The monoisotopic (exact) mass is 254 g/mol. The van der Waals surface area contributed by atoms with Gasteiger partial charge in [-0.3, -0.25) is 0 Å². The van der Waals surface area contributed by atoms with E-state index in [1.54, 1.807) is 0 Å². The number of hydrogen-bond acceptors (Lipinski definition) is 0. The summed E-state index contributed by atoms with van der Waals surface area (Å²) in [6, 6.07) is 0. The lowest BCUT2D eigenvalue weighted by molar-refractivity contribution is 0.770. The lowest BCUT2D eigenvalue weighted by atomic mass is 10.3. The van der Waals surface area contributed by atoms with Crippen molar-refractivity contribution < 1.29 is 0 Å². The third-order valence-corrected chi connectivity index (χ3v) is 3.44. The highest BCUT2D eigenvalue weighted by molar-refractivity contribution is 9.23. The van der Waals surface area contributed by atoms with Crippen LogP contribution in [-0.4, -0.2) is 18.2 Å². The van der Waals surface area contributed by atoms with E-state index < -0.39 is 0 Å². The zero-order valence-electron chi connectivity index (χ0n) is 5.32. The number of unbranched alkanes of at least 4 members (excludes halogenated alkanes) is 2. The molecule has 3 heteroatoms. The van der Waals surface area contributed by atoms with Crippen LogP contribution in [0.2, 0.25) is 4.55 Å². The van der Waals surface area contributed by atoms with Crippen LogP contribution >= 0.6 is 29.9 Å². The van der Waals surface area contributed by atoms with Crippen molar-refractivity contribution in [2.75, 3.05) is 0 Å². The van der Waals surface area contributed by atoms with Gasteiger partial charge in [-0.2, -0.15) is 0 Å². The summed E-state index contributed by atoms with van der Waals surface area (Å²) in [5, 5.41) is 0. The molecule has 0 N–H and O–H groups in total. The molecule has 0 atom stereocenters. The molecule has 0 heterocycles. The van der Waals surface area contributed by atoms with E-state index in [9.17, 15) is 0 Å². The molecule has 0 bridgehead atoms. The molecule has 0 nitrogen and oxygen atoms in total. The minimum Gasteiger partial charge on any atom is -0.307 e. The van der Waals surface area contributed by atoms with Crippen LogP contribution in [0, 0.1) is 0 Å². The minimum absolute atomic E-state index is 0. The van der Waals surface area contributed by atoms with E-state index in [2.05, 4.69) is 19.8 Å². The van der Waals surface area contributed by atoms with E-state index in [-0.39, 0.29) is 35.2 Å². The molecule has 0 aliphatic rings. The van der Waals surface area contributed by atoms with E-state index >= 15 is 0 Å². The lowest BCUT2D eigenvalue weighted by Crippen LogP contribution is -1.75. The second kappa shape index (κ2) is 11.5. The van der Waals surface area contributed by atoms with Gasteiger partial charge in [-0.1, -0.05) is 26.2 Å². The van der Waals surface area contributed by atoms with Crippen LogP contribution in [0.25, 0.3) is 0 Å². The fourth-order valence-electron chi connectivity index (χ4n) is 0.521. The van der Waals surface area contributed by atoms with E-state index in [1.165, 1.54) is 23.8 Å². The Kier molecular flexibility index (Phi) is 17.9. The lowest BCUT2D eigenvalue weighted by Gasteiger charge is -1.88. The van der Waals surface area contributed by atoms with Crippen LogP contribution in [0.3, 0.4) is 0 Å². The van der Waals surface area contributed by atoms with Gasteiger partial charge in [-0.15, -0.1) is 21.5 Å². The zero-order chi connectivity index (χ0) is 5.54. The molecule has 0 aromatic rings. The molecule has 0 amide bonds. The van der Waals surface area contributed by atoms with Crippen molar-refractivity contribution in [3.63, 3.8) is 0 Å². The Hall–Kier alpha value is 1.73. The number of hydrogen-bond donors (Lipinski definition) is 0. The molecule has 0 radical (unpaired) electrons. The first-order valence-corrected chi connectivity index (χ1v) is 7.87. The van der Waals surface area contributed by atoms with Crippen LogP contribution in [0.1, 0.15) is 26.2 Å². The van der Waals surface area contributed by atoms with Crippen LogP contribution < -0.4 is 0 Å². The van der Waals surface area contributed by atoms with Gasteiger partial charge < -0.3 is 12.9 Å². The molecular formula is C5H12Br2Mg. The van der Waals surface area contributed by atoms with Crippen molar-refractivity contribution in [3.8, 4) is 0 Å². The fourth-order valence-corrected chi connectivity index (χ4v) is 2.25. The summed E-state index contributed by atoms with van der Waals surface area (Å²) in [6.07, 6.45) is 4.24. The van der Waals surface area contributed by atoms with Gasteiger partial charge in [0.1, 0.15) is 0 Å². The molecule has 0 rings (SSSR count). The Morgan fingerprint density at radius 3 is 2.38 bits per heavy atom. The molecule has 8 heavy (non-hydrogen) atoms. The average molecular weight is 256 g/mol. The first kappa shape index (κ1) is 12.4. The van der Waals surface area contributed by atoms with Gasteiger partial charge in [0.15, 0.2) is 0 Å². The van der Waals surface area contributed by atoms with Crippen LogP contribution in [0.5, 0.6) is 0 Å². The summed E-state index contributed by atoms with van der Waals surface area (Å²) in [6.45, 7) is 2.25. The summed E-state index contributed by atoms with van der Waals surface area (Å²) in [5.41, 5.74) is 0. The van der Waals surface area contributed by atoms with Crippen molar-refractivity contribution >= 4 is 48.1 Å². The molecule has 0 aliphatic carbocycles. The summed E-state index contributed by atoms with van der Waals surface area (Å²) in [4.78, 5) is 0. The Bertz CT molecular complexity index is 29.6. The largest absolute Gasteiger partial charge is 0.468 e. The first-order valence-electron chi connectivity index (χ1n) is 2.97. The Labute approximate surface area is 78.2 Å². The molecule has 0 fully saturated rings. The maximum absolute atomic E-state index is 3.52. The predicted octanol–water partition coefficient (Wildman–Crippen LogP) is 3.19. The van der Waals surface area contributed by atoms with Crippen molar-refractivity contribution in [1.82, 2.24) is 0 Å². The molecule has 48 valence electrons. The Morgan fingerprint density at radius 2 is 2.00 bits per heavy atom. The molecule has 0 aromatic carbocycles. The summed E-state index contributed by atoms with van der Waals surface area (Å²) < 4.78 is 1.48. The van der Waals surface area contributed by atoms with Crippen molar-refractivity contribution in [1.29, 1.82) is 0 Å². The van der Waals surface area contributed by atoms with Gasteiger partial charge in [0, 0.05) is 0 Å². The Balaban J connectivity index is 0. The molecule has 0 unspecified atom stereocenters. The van der Waals surface area contributed by atoms with E-state index in [0.717, 1.165) is 0 Å². The van der Waals surface area contributed by atoms with Crippen molar-refractivity contribution in [3.05, 3.63) is 0 Å². The number of halogens is 2. The van der Waals surface area contributed by atoms with E-state index in [0.29, 0.717) is 0 Å². The normalized spacial score (nSPS) is 7.25. The SMILES string of the molecule is Br.CCCC[CH2][Mg][Br]. The molecule has 0 aromatic heterocycles. The third kappa shape index (κ3) is 10.7. The van der Waals surface area contributed by atoms with Gasteiger partial charge in [-0.25, -0.2) is 0 Å². The van der Waals surface area contributed by atoms with E-state index in [1.807, 2.05) is 0 Å². The predicted molar refractivity (Wildman–Crippen MR) is 49.3 cm³/mol. The summed E-state index contributed by atoms with van der Waals surface area (Å²) >= 11 is 3.72. The quantitative estimate of drug-likeness (QED) is 0.535. The summed E-state index contributed by atoms with van der Waals surface area (Å²) in [5.74, 6) is 0. The third-order valence-electron chi connectivity index (χ3n) is 0.987. The van der Waals surface area contributed by atoms with Crippen LogP contribution in [0.4, 0.5) is 0 Å². The molecule has 0 aliphatic heterocycles. The molecule has 0 saturated carbocycles. The standard InChI is InChI=1S/C5H11.2BrH.Mg/c1-3-5-4-2;;;/h1,3-5H2,2H3;2*1H;/q;;;+1/p-1. The highest BCUT2D eigenvalue weighted by Crippen LogP contribution is 1.99. The summed E-state index contributed by atoms with van der Waals surface area (Å²) in [7, 11) is 0. The molecular weight excluding hydrogens is 244 g/mol. The maximum atomic E-state index is 3.52. The van der Waals surface area contributed by atoms with Gasteiger partial charge >= 0.3 is 18.2 Å². The van der Waals surface area contributed by atoms with Gasteiger partial charge in [0.2, 0.25) is 0 Å². The fraction of sp³-hybridized carbons (Fsp3) is 1.00. The van der Waals surface area contributed by atoms with Crippen molar-refractivity contribution in [2.45, 2.75) is 30.7 Å². The smallest absolute Gasteiger partial charge is 0.307 e. The van der Waals surface area contributed by atoms with E-state index in [4.69, 9.17) is 0 Å². The molecule has 0 saturated heterocycles. The average Bonchev–Trinajstić information content (AvgIpc) is 1.69. The second-order valence-corrected chi connectivity index (χ2v) is 5.21. The highest BCUT2D eigenvalue weighted by Gasteiger charge is 1.86. The van der Waals surface area contributed by atoms with Gasteiger partial charge in [-0.05, 0) is 0 Å². The van der Waals surface area contributed by atoms with Crippen molar-refractivity contribution in [2.24, 2.45) is 0 Å². The minimum atomic E-state index is 0. The Morgan fingerprint density at radius 1 is 1.38 bits per heavy atom. The zero-order valence-corrected chi connectivity index (χ0v) is 10.0. The molecule has 0 spiro atoms. The van der Waals surface area contributed by atoms with Crippen LogP contribution in [-0.2, 0) is 0 Å². The van der Waals surface area contributed by atoms with Gasteiger partial charge in [0.05, 0.1) is 0 Å². The highest BCUT2D eigenvalue weighted by atomic mass is 79.9.